The highest BCUT2D eigenvalue weighted by Gasteiger charge is 2.30. The zero-order chi connectivity index (χ0) is 18.1. The molecule has 0 aliphatic heterocycles. The van der Waals surface area contributed by atoms with Gasteiger partial charge in [0.15, 0.2) is 5.13 Å². The summed E-state index contributed by atoms with van der Waals surface area (Å²) in [6.45, 7) is 0.401. The van der Waals surface area contributed by atoms with Gasteiger partial charge in [-0.15, -0.1) is 0 Å². The third-order valence-electron chi connectivity index (χ3n) is 4.16. The van der Waals surface area contributed by atoms with Gasteiger partial charge in [0, 0.05) is 23.2 Å². The standard InChI is InChI=1S/C18H17ClN4O2S/c19-12-3-5-13(6-4-12)23(9-10-24)15-8-7-14-17(21-15)26-18(20-14)22-16(25)11-1-2-11/h3-8,11,24H,1-2,9-10H2,(H,20,22,25). The number of carbonyl (C=O) groups is 1. The van der Waals surface area contributed by atoms with Crippen molar-refractivity contribution < 1.29 is 9.90 Å². The van der Waals surface area contributed by atoms with Crippen molar-refractivity contribution in [1.29, 1.82) is 0 Å². The first-order chi connectivity index (χ1) is 12.6. The minimum atomic E-state index is -0.00622. The first kappa shape index (κ1) is 17.2. The van der Waals surface area contributed by atoms with Crippen LogP contribution in [0, 0.1) is 5.92 Å². The van der Waals surface area contributed by atoms with Crippen LogP contribution in [0.15, 0.2) is 36.4 Å². The van der Waals surface area contributed by atoms with Gasteiger partial charge in [-0.3, -0.25) is 4.79 Å². The fourth-order valence-electron chi connectivity index (χ4n) is 2.66. The van der Waals surface area contributed by atoms with Crippen LogP contribution in [0.2, 0.25) is 5.02 Å². The molecule has 0 unspecified atom stereocenters. The van der Waals surface area contributed by atoms with Crippen molar-refractivity contribution in [3.63, 3.8) is 0 Å². The third-order valence-corrected chi connectivity index (χ3v) is 5.29. The van der Waals surface area contributed by atoms with E-state index in [1.165, 1.54) is 11.3 Å². The van der Waals surface area contributed by atoms with Gasteiger partial charge in [-0.25, -0.2) is 9.97 Å². The fourth-order valence-corrected chi connectivity index (χ4v) is 3.62. The van der Waals surface area contributed by atoms with Crippen molar-refractivity contribution in [2.45, 2.75) is 12.8 Å². The number of rotatable bonds is 6. The Kier molecular flexibility index (Phi) is 4.76. The number of amides is 1. The minimum Gasteiger partial charge on any atom is -0.395 e. The number of nitrogens with one attached hydrogen (secondary N) is 1. The summed E-state index contributed by atoms with van der Waals surface area (Å²) in [6, 6.07) is 11.1. The fraction of sp³-hybridized carbons (Fsp3) is 0.278. The summed E-state index contributed by atoms with van der Waals surface area (Å²) in [5, 5.41) is 13.5. The SMILES string of the molecule is O=C(Nc1nc2ccc(N(CCO)c3ccc(Cl)cc3)nc2s1)C1CC1. The molecule has 8 heteroatoms. The molecule has 1 aromatic carbocycles. The van der Waals surface area contributed by atoms with Gasteiger partial charge in [0.1, 0.15) is 16.2 Å². The van der Waals surface area contributed by atoms with Gasteiger partial charge in [0.25, 0.3) is 0 Å². The maximum absolute atomic E-state index is 11.9. The molecule has 2 heterocycles. The van der Waals surface area contributed by atoms with Crippen LogP contribution in [0.4, 0.5) is 16.6 Å². The Labute approximate surface area is 159 Å². The van der Waals surface area contributed by atoms with E-state index in [1.54, 1.807) is 12.1 Å². The third kappa shape index (κ3) is 3.65. The molecule has 1 saturated carbocycles. The van der Waals surface area contributed by atoms with Gasteiger partial charge in [0.05, 0.1) is 6.61 Å². The molecule has 26 heavy (non-hydrogen) atoms. The number of aromatic nitrogens is 2. The van der Waals surface area contributed by atoms with Crippen molar-refractivity contribution in [2.75, 3.05) is 23.4 Å². The van der Waals surface area contributed by atoms with Crippen LogP contribution in [0.25, 0.3) is 10.3 Å². The molecule has 1 aliphatic rings. The average molecular weight is 389 g/mol. The first-order valence-corrected chi connectivity index (χ1v) is 9.56. The van der Waals surface area contributed by atoms with Crippen LogP contribution in [0.3, 0.4) is 0 Å². The molecule has 0 spiro atoms. The molecule has 2 N–H and O–H groups in total. The maximum atomic E-state index is 11.9. The van der Waals surface area contributed by atoms with Crippen LogP contribution < -0.4 is 10.2 Å². The van der Waals surface area contributed by atoms with Crippen molar-refractivity contribution >= 4 is 55.8 Å². The minimum absolute atomic E-state index is 0.00622. The molecule has 134 valence electrons. The first-order valence-electron chi connectivity index (χ1n) is 8.36. The van der Waals surface area contributed by atoms with Crippen LogP contribution in [-0.2, 0) is 4.79 Å². The van der Waals surface area contributed by atoms with Crippen LogP contribution >= 0.6 is 22.9 Å². The molecule has 1 aliphatic carbocycles. The lowest BCUT2D eigenvalue weighted by Gasteiger charge is -2.22. The lowest BCUT2D eigenvalue weighted by molar-refractivity contribution is -0.117. The van der Waals surface area contributed by atoms with Crippen molar-refractivity contribution in [3.8, 4) is 0 Å². The lowest BCUT2D eigenvalue weighted by atomic mass is 10.2. The van der Waals surface area contributed by atoms with E-state index in [0.29, 0.717) is 22.5 Å². The summed E-state index contributed by atoms with van der Waals surface area (Å²) in [6.07, 6.45) is 1.91. The second kappa shape index (κ2) is 7.19. The van der Waals surface area contributed by atoms with E-state index in [9.17, 15) is 9.90 Å². The predicted molar refractivity (Wildman–Crippen MR) is 104 cm³/mol. The number of hydrogen-bond acceptors (Lipinski definition) is 6. The number of carbonyl (C=O) groups excluding carboxylic acids is 1. The highest BCUT2D eigenvalue weighted by Crippen LogP contribution is 2.33. The predicted octanol–water partition coefficient (Wildman–Crippen LogP) is 3.82. The monoisotopic (exact) mass is 388 g/mol. The normalized spacial score (nSPS) is 13.8. The summed E-state index contributed by atoms with van der Waals surface area (Å²) >= 11 is 7.32. The van der Waals surface area contributed by atoms with Gasteiger partial charge < -0.3 is 15.3 Å². The molecular formula is C18H17ClN4O2S. The molecule has 1 amide bonds. The van der Waals surface area contributed by atoms with Crippen LogP contribution in [0.1, 0.15) is 12.8 Å². The van der Waals surface area contributed by atoms with Crippen LogP contribution in [-0.4, -0.2) is 34.1 Å². The molecule has 0 radical (unpaired) electrons. The quantitative estimate of drug-likeness (QED) is 0.671. The summed E-state index contributed by atoms with van der Waals surface area (Å²) < 4.78 is 0. The molecule has 2 aromatic heterocycles. The van der Waals surface area contributed by atoms with E-state index < -0.39 is 0 Å². The van der Waals surface area contributed by atoms with E-state index in [0.717, 1.165) is 28.9 Å². The van der Waals surface area contributed by atoms with Crippen LogP contribution in [0.5, 0.6) is 0 Å². The van der Waals surface area contributed by atoms with E-state index in [4.69, 9.17) is 11.6 Å². The van der Waals surface area contributed by atoms with Crippen molar-refractivity contribution in [3.05, 3.63) is 41.4 Å². The number of halogens is 1. The summed E-state index contributed by atoms with van der Waals surface area (Å²) in [5.74, 6) is 0.875. The molecule has 0 bridgehead atoms. The Morgan fingerprint density at radius 3 is 2.69 bits per heavy atom. The molecule has 4 rings (SSSR count). The Hall–Kier alpha value is -2.22. The van der Waals surface area contributed by atoms with E-state index in [1.807, 2.05) is 29.2 Å². The van der Waals surface area contributed by atoms with E-state index in [-0.39, 0.29) is 18.4 Å². The Morgan fingerprint density at radius 1 is 1.23 bits per heavy atom. The number of fused-ring (bicyclic) bond motifs is 1. The van der Waals surface area contributed by atoms with Crippen molar-refractivity contribution in [2.24, 2.45) is 5.92 Å². The number of anilines is 3. The summed E-state index contributed by atoms with van der Waals surface area (Å²) in [5.41, 5.74) is 1.63. The largest absolute Gasteiger partial charge is 0.395 e. The second-order valence-corrected chi connectivity index (χ2v) is 7.54. The van der Waals surface area contributed by atoms with Gasteiger partial charge in [-0.05, 0) is 49.2 Å². The van der Waals surface area contributed by atoms with Gasteiger partial charge >= 0.3 is 0 Å². The second-order valence-electron chi connectivity index (χ2n) is 6.13. The Balaban J connectivity index is 1.63. The molecule has 0 atom stereocenters. The van der Waals surface area contributed by atoms with Gasteiger partial charge in [-0.2, -0.15) is 0 Å². The lowest BCUT2D eigenvalue weighted by Crippen LogP contribution is -2.21. The van der Waals surface area contributed by atoms with E-state index >= 15 is 0 Å². The molecule has 3 aromatic rings. The van der Waals surface area contributed by atoms with E-state index in [2.05, 4.69) is 15.3 Å². The topological polar surface area (TPSA) is 78.4 Å². The van der Waals surface area contributed by atoms with Crippen molar-refractivity contribution in [1.82, 2.24) is 9.97 Å². The number of hydrogen-bond donors (Lipinski definition) is 2. The number of pyridine rings is 1. The molecular weight excluding hydrogens is 372 g/mol. The summed E-state index contributed by atoms with van der Waals surface area (Å²) in [7, 11) is 0. The molecule has 0 saturated heterocycles. The number of nitrogens with zero attached hydrogens (tertiary/aromatic N) is 3. The number of benzene rings is 1. The highest BCUT2D eigenvalue weighted by atomic mass is 35.5. The number of aliphatic hydroxyl groups is 1. The zero-order valence-corrected chi connectivity index (χ0v) is 15.4. The Morgan fingerprint density at radius 2 is 2.00 bits per heavy atom. The average Bonchev–Trinajstić information content (AvgIpc) is 3.41. The zero-order valence-electron chi connectivity index (χ0n) is 13.9. The molecule has 6 nitrogen and oxygen atoms in total. The van der Waals surface area contributed by atoms with Gasteiger partial charge in [0.2, 0.25) is 5.91 Å². The number of thiazole rings is 1. The van der Waals surface area contributed by atoms with Gasteiger partial charge in [-0.1, -0.05) is 22.9 Å². The number of aliphatic hydroxyl groups excluding tert-OH is 1. The Bertz CT molecular complexity index is 940. The highest BCUT2D eigenvalue weighted by molar-refractivity contribution is 7.22. The maximum Gasteiger partial charge on any atom is 0.229 e. The molecule has 1 fully saturated rings. The summed E-state index contributed by atoms with van der Waals surface area (Å²) in [4.78, 5) is 23.7. The smallest absolute Gasteiger partial charge is 0.229 e.